The molecule has 0 saturated carbocycles. The maximum Gasteiger partial charge on any atom is 0.490 e. The van der Waals surface area contributed by atoms with Crippen LogP contribution in [0, 0.1) is 0 Å². The van der Waals surface area contributed by atoms with E-state index < -0.39 is 12.1 Å². The van der Waals surface area contributed by atoms with Crippen LogP contribution in [0.4, 0.5) is 13.2 Å². The highest BCUT2D eigenvalue weighted by molar-refractivity contribution is 5.94. The molecule has 1 heterocycles. The van der Waals surface area contributed by atoms with Crippen LogP contribution in [-0.2, 0) is 9.59 Å². The van der Waals surface area contributed by atoms with Crippen LogP contribution in [0.3, 0.4) is 0 Å². The number of benzene rings is 1. The number of nitrogens with one attached hydrogen (secondary N) is 1. The summed E-state index contributed by atoms with van der Waals surface area (Å²) in [5.41, 5.74) is 0.638. The molecule has 2 amide bonds. The van der Waals surface area contributed by atoms with Crippen molar-refractivity contribution in [3.8, 4) is 5.75 Å². The number of amides is 2. The van der Waals surface area contributed by atoms with Gasteiger partial charge in [-0.3, -0.25) is 9.59 Å². The topological polar surface area (TPSA) is 99.2 Å². The number of hydrogen-bond acceptors (Lipinski definition) is 5. The van der Waals surface area contributed by atoms with Crippen LogP contribution in [0.1, 0.15) is 43.5 Å². The molecule has 186 valence electrons. The van der Waals surface area contributed by atoms with Crippen molar-refractivity contribution in [3.63, 3.8) is 0 Å². The number of halogens is 3. The largest absolute Gasteiger partial charge is 0.494 e. The number of piperazine rings is 1. The van der Waals surface area contributed by atoms with E-state index in [1.807, 2.05) is 24.0 Å². The van der Waals surface area contributed by atoms with Crippen LogP contribution < -0.4 is 10.1 Å². The van der Waals surface area contributed by atoms with E-state index in [4.69, 9.17) is 14.6 Å². The molecular formula is C22H32F3N3O5. The van der Waals surface area contributed by atoms with Gasteiger partial charge in [-0.15, -0.1) is 0 Å². The Morgan fingerprint density at radius 3 is 2.15 bits per heavy atom. The smallest absolute Gasteiger partial charge is 0.490 e. The van der Waals surface area contributed by atoms with Crippen LogP contribution in [0.15, 0.2) is 24.3 Å². The molecule has 1 aromatic rings. The molecule has 0 aromatic heterocycles. The molecule has 0 atom stereocenters. The summed E-state index contributed by atoms with van der Waals surface area (Å²) in [5, 5.41) is 10.4. The Bertz CT molecular complexity index is 751. The van der Waals surface area contributed by atoms with Crippen molar-refractivity contribution in [2.75, 3.05) is 45.9 Å². The van der Waals surface area contributed by atoms with Gasteiger partial charge in [0.2, 0.25) is 5.91 Å². The Balaban J connectivity index is 0.000000675. The van der Waals surface area contributed by atoms with Crippen LogP contribution in [0.25, 0.3) is 0 Å². The second kappa shape index (κ2) is 14.4. The number of hydrogen-bond donors (Lipinski definition) is 2. The monoisotopic (exact) mass is 475 g/mol. The summed E-state index contributed by atoms with van der Waals surface area (Å²) in [5.74, 6) is -1.88. The summed E-state index contributed by atoms with van der Waals surface area (Å²) in [6.07, 6.45) is -2.75. The van der Waals surface area contributed by atoms with Gasteiger partial charge in [-0.25, -0.2) is 4.79 Å². The van der Waals surface area contributed by atoms with Crippen molar-refractivity contribution >= 4 is 17.8 Å². The molecule has 0 unspecified atom stereocenters. The highest BCUT2D eigenvalue weighted by Gasteiger charge is 2.38. The summed E-state index contributed by atoms with van der Waals surface area (Å²) < 4.78 is 37.2. The van der Waals surface area contributed by atoms with E-state index in [9.17, 15) is 22.8 Å². The van der Waals surface area contributed by atoms with Crippen LogP contribution >= 0.6 is 0 Å². The molecule has 0 aliphatic carbocycles. The van der Waals surface area contributed by atoms with Gasteiger partial charge in [0.1, 0.15) is 5.75 Å². The molecule has 1 saturated heterocycles. The van der Waals surface area contributed by atoms with Crippen molar-refractivity contribution in [2.45, 2.75) is 39.3 Å². The van der Waals surface area contributed by atoms with Crippen LogP contribution in [0.5, 0.6) is 5.75 Å². The third-order valence-corrected chi connectivity index (χ3v) is 4.79. The Labute approximate surface area is 191 Å². The lowest BCUT2D eigenvalue weighted by Gasteiger charge is -2.29. The molecule has 0 spiro atoms. The molecule has 1 aliphatic rings. The minimum absolute atomic E-state index is 0.0189. The number of aliphatic carboxylic acids is 1. The number of unbranched alkanes of at least 4 members (excludes halogenated alkanes) is 1. The number of carbonyl (C=O) groups excluding carboxylic acids is 2. The van der Waals surface area contributed by atoms with Gasteiger partial charge in [-0.05, 0) is 37.6 Å². The number of rotatable bonds is 9. The fraction of sp³-hybridized carbons (Fsp3) is 0.591. The number of carboxylic acid groups (broad SMARTS) is 1. The van der Waals surface area contributed by atoms with Gasteiger partial charge in [0.05, 0.1) is 6.61 Å². The van der Waals surface area contributed by atoms with Gasteiger partial charge >= 0.3 is 12.1 Å². The molecule has 2 rings (SSSR count). The van der Waals surface area contributed by atoms with Gasteiger partial charge in [0.25, 0.3) is 5.91 Å². The Kier molecular flexibility index (Phi) is 12.3. The van der Waals surface area contributed by atoms with Crippen molar-refractivity contribution in [1.82, 2.24) is 15.1 Å². The lowest BCUT2D eigenvalue weighted by Crippen LogP contribution is -2.47. The molecule has 1 aromatic carbocycles. The SMILES string of the molecule is CCCCN(CCC(=O)N1CCNCC1)C(=O)c1ccc(OCC)cc1.O=C(O)C(F)(F)F. The molecule has 8 nitrogen and oxygen atoms in total. The van der Waals surface area contributed by atoms with E-state index in [1.54, 1.807) is 17.0 Å². The third kappa shape index (κ3) is 10.6. The maximum atomic E-state index is 12.9. The number of carbonyl (C=O) groups is 3. The van der Waals surface area contributed by atoms with Gasteiger partial charge in [-0.2, -0.15) is 13.2 Å². The van der Waals surface area contributed by atoms with E-state index in [1.165, 1.54) is 0 Å². The molecule has 2 N–H and O–H groups in total. The molecule has 0 bridgehead atoms. The van der Waals surface area contributed by atoms with E-state index >= 15 is 0 Å². The second-order valence-electron chi connectivity index (χ2n) is 7.29. The zero-order valence-corrected chi connectivity index (χ0v) is 19.0. The van der Waals surface area contributed by atoms with Crippen LogP contribution in [-0.4, -0.2) is 84.7 Å². The molecule has 0 radical (unpaired) electrons. The average molecular weight is 476 g/mol. The minimum atomic E-state index is -5.08. The second-order valence-corrected chi connectivity index (χ2v) is 7.29. The normalized spacial score (nSPS) is 13.5. The molecule has 1 aliphatic heterocycles. The minimum Gasteiger partial charge on any atom is -0.494 e. The third-order valence-electron chi connectivity index (χ3n) is 4.79. The summed E-state index contributed by atoms with van der Waals surface area (Å²) in [6.45, 7) is 8.97. The van der Waals surface area contributed by atoms with E-state index in [-0.39, 0.29) is 11.8 Å². The van der Waals surface area contributed by atoms with E-state index in [0.717, 1.165) is 44.8 Å². The summed E-state index contributed by atoms with van der Waals surface area (Å²) in [4.78, 5) is 37.8. The predicted molar refractivity (Wildman–Crippen MR) is 116 cm³/mol. The Morgan fingerprint density at radius 1 is 1.09 bits per heavy atom. The fourth-order valence-electron chi connectivity index (χ4n) is 3.01. The van der Waals surface area contributed by atoms with Crippen molar-refractivity contribution in [3.05, 3.63) is 29.8 Å². The first-order valence-electron chi connectivity index (χ1n) is 10.9. The van der Waals surface area contributed by atoms with Gasteiger partial charge < -0.3 is 25.0 Å². The molecule has 11 heteroatoms. The number of alkyl halides is 3. The maximum absolute atomic E-state index is 12.9. The summed E-state index contributed by atoms with van der Waals surface area (Å²) in [7, 11) is 0. The lowest BCUT2D eigenvalue weighted by molar-refractivity contribution is -0.192. The van der Waals surface area contributed by atoms with Gasteiger partial charge in [-0.1, -0.05) is 13.3 Å². The molecule has 33 heavy (non-hydrogen) atoms. The lowest BCUT2D eigenvalue weighted by atomic mass is 10.1. The zero-order valence-electron chi connectivity index (χ0n) is 19.0. The fourth-order valence-corrected chi connectivity index (χ4v) is 3.01. The number of ether oxygens (including phenoxy) is 1. The van der Waals surface area contributed by atoms with E-state index in [2.05, 4.69) is 12.2 Å². The highest BCUT2D eigenvalue weighted by Crippen LogP contribution is 2.15. The van der Waals surface area contributed by atoms with Gasteiger partial charge in [0, 0.05) is 51.3 Å². The van der Waals surface area contributed by atoms with Crippen LogP contribution in [0.2, 0.25) is 0 Å². The average Bonchev–Trinajstić information content (AvgIpc) is 2.79. The Morgan fingerprint density at radius 2 is 1.67 bits per heavy atom. The van der Waals surface area contributed by atoms with Crippen molar-refractivity contribution < 1.29 is 37.4 Å². The zero-order chi connectivity index (χ0) is 24.9. The van der Waals surface area contributed by atoms with Crippen molar-refractivity contribution in [1.29, 1.82) is 0 Å². The van der Waals surface area contributed by atoms with E-state index in [0.29, 0.717) is 31.7 Å². The first-order chi connectivity index (χ1) is 15.6. The van der Waals surface area contributed by atoms with Gasteiger partial charge in [0.15, 0.2) is 0 Å². The quantitative estimate of drug-likeness (QED) is 0.570. The summed E-state index contributed by atoms with van der Waals surface area (Å²) >= 11 is 0. The van der Waals surface area contributed by atoms with Crippen molar-refractivity contribution in [2.24, 2.45) is 0 Å². The number of carboxylic acids is 1. The molecular weight excluding hydrogens is 443 g/mol. The molecule has 1 fully saturated rings. The summed E-state index contributed by atoms with van der Waals surface area (Å²) in [6, 6.07) is 7.23. The Hall–Kier alpha value is -2.82. The number of nitrogens with zero attached hydrogens (tertiary/aromatic N) is 2. The first-order valence-corrected chi connectivity index (χ1v) is 10.9. The first kappa shape index (κ1) is 28.2. The standard InChI is InChI=1S/C20H31N3O3.C2HF3O2/c1-3-5-13-23(14-10-19(24)22-15-11-21-12-16-22)20(25)17-6-8-18(9-7-17)26-4-2;3-2(4,5)1(6)7/h6-9,21H,3-5,10-16H2,1-2H3;(H,6,7). The highest BCUT2D eigenvalue weighted by atomic mass is 19.4. The predicted octanol–water partition coefficient (Wildman–Crippen LogP) is 2.78.